The fourth-order valence-corrected chi connectivity index (χ4v) is 6.11. The standard InChI is InChI=1S/C24H25FN4O5S/c1-14(2)34-18-5-7-23(16(8-18)11-26)35(32,33)28-12-15(3)22(13-28)29-21-9-17(25)4-6-19(21)20(27-29)10-24(30)31/h4-9,14-15,22H,10,12-13H2,1-3H3,(H,30,31)/t15-,22+/m1/s1. The Bertz CT molecular complexity index is 1440. The van der Waals surface area contributed by atoms with E-state index in [0.29, 0.717) is 16.7 Å². The first-order valence-corrected chi connectivity index (χ1v) is 12.5. The van der Waals surface area contributed by atoms with Crippen molar-refractivity contribution in [3.63, 3.8) is 0 Å². The molecule has 35 heavy (non-hydrogen) atoms. The van der Waals surface area contributed by atoms with Crippen molar-refractivity contribution < 1.29 is 27.4 Å². The van der Waals surface area contributed by atoms with E-state index >= 15 is 0 Å². The zero-order valence-corrected chi connectivity index (χ0v) is 20.3. The van der Waals surface area contributed by atoms with Crippen LogP contribution in [0.2, 0.25) is 0 Å². The zero-order valence-electron chi connectivity index (χ0n) is 19.5. The quantitative estimate of drug-likeness (QED) is 0.527. The second kappa shape index (κ2) is 9.28. The number of halogens is 1. The van der Waals surface area contributed by atoms with Crippen LogP contribution >= 0.6 is 0 Å². The van der Waals surface area contributed by atoms with Gasteiger partial charge in [-0.05, 0) is 56.2 Å². The van der Waals surface area contributed by atoms with Gasteiger partial charge >= 0.3 is 5.97 Å². The number of fused-ring (bicyclic) bond motifs is 1. The monoisotopic (exact) mass is 500 g/mol. The molecule has 0 amide bonds. The fourth-order valence-electron chi connectivity index (χ4n) is 4.43. The summed E-state index contributed by atoms with van der Waals surface area (Å²) in [6.45, 7) is 5.71. The molecule has 1 aromatic heterocycles. The Morgan fingerprint density at radius 3 is 2.69 bits per heavy atom. The molecule has 1 saturated heterocycles. The Morgan fingerprint density at radius 2 is 2.03 bits per heavy atom. The number of aromatic nitrogens is 2. The number of benzene rings is 2. The molecule has 3 aromatic rings. The molecule has 0 saturated carbocycles. The highest BCUT2D eigenvalue weighted by Crippen LogP contribution is 2.36. The van der Waals surface area contributed by atoms with Gasteiger partial charge < -0.3 is 9.84 Å². The number of carboxylic acids is 1. The predicted octanol–water partition coefficient (Wildman–Crippen LogP) is 3.34. The third-order valence-corrected chi connectivity index (χ3v) is 7.87. The van der Waals surface area contributed by atoms with Gasteiger partial charge in [-0.25, -0.2) is 12.8 Å². The second-order valence-electron chi connectivity index (χ2n) is 8.93. The van der Waals surface area contributed by atoms with Gasteiger partial charge in [-0.1, -0.05) is 6.92 Å². The molecule has 1 aliphatic heterocycles. The highest BCUT2D eigenvalue weighted by Gasteiger charge is 2.40. The number of hydrogen-bond donors (Lipinski definition) is 1. The third-order valence-electron chi connectivity index (χ3n) is 5.98. The number of rotatable bonds is 7. The maximum atomic E-state index is 14.1. The molecule has 0 radical (unpaired) electrons. The number of ether oxygens (including phenoxy) is 1. The molecule has 2 atom stereocenters. The van der Waals surface area contributed by atoms with E-state index in [4.69, 9.17) is 4.74 Å². The van der Waals surface area contributed by atoms with E-state index in [0.717, 1.165) is 0 Å². The molecule has 0 bridgehead atoms. The van der Waals surface area contributed by atoms with Gasteiger partial charge in [0.15, 0.2) is 0 Å². The van der Waals surface area contributed by atoms with Crippen LogP contribution in [0.25, 0.3) is 10.9 Å². The number of nitriles is 1. The minimum atomic E-state index is -4.03. The first kappa shape index (κ1) is 24.6. The Labute approximate surface area is 202 Å². The highest BCUT2D eigenvalue weighted by atomic mass is 32.2. The van der Waals surface area contributed by atoms with E-state index in [2.05, 4.69) is 5.10 Å². The van der Waals surface area contributed by atoms with Crippen LogP contribution < -0.4 is 4.74 Å². The molecule has 2 aromatic carbocycles. The van der Waals surface area contributed by atoms with Gasteiger partial charge in [0.1, 0.15) is 22.5 Å². The van der Waals surface area contributed by atoms with Crippen molar-refractivity contribution in [2.24, 2.45) is 5.92 Å². The van der Waals surface area contributed by atoms with Crippen molar-refractivity contribution >= 4 is 26.9 Å². The van der Waals surface area contributed by atoms with Crippen molar-refractivity contribution in [2.45, 2.75) is 44.2 Å². The molecule has 0 spiro atoms. The largest absolute Gasteiger partial charge is 0.491 e. The molecule has 1 N–H and O–H groups in total. The van der Waals surface area contributed by atoms with Crippen molar-refractivity contribution in [1.82, 2.24) is 14.1 Å². The van der Waals surface area contributed by atoms with Gasteiger partial charge in [-0.15, -0.1) is 0 Å². The first-order valence-electron chi connectivity index (χ1n) is 11.1. The molecule has 11 heteroatoms. The SMILES string of the molecule is CC(C)Oc1ccc(S(=O)(=O)N2C[C@@H](C)[C@@H](n3nc(CC(=O)O)c4ccc(F)cc43)C2)c(C#N)c1. The van der Waals surface area contributed by atoms with Crippen molar-refractivity contribution in [2.75, 3.05) is 13.1 Å². The summed E-state index contributed by atoms with van der Waals surface area (Å²) in [7, 11) is -4.03. The molecule has 1 aliphatic rings. The Morgan fingerprint density at radius 1 is 1.29 bits per heavy atom. The molecule has 184 valence electrons. The van der Waals surface area contributed by atoms with Gasteiger partial charge in [0.25, 0.3) is 0 Å². The summed E-state index contributed by atoms with van der Waals surface area (Å²) in [6, 6.07) is 9.79. The minimum Gasteiger partial charge on any atom is -0.491 e. The molecule has 1 fully saturated rings. The number of aliphatic carboxylic acids is 1. The molecule has 0 unspecified atom stereocenters. The van der Waals surface area contributed by atoms with E-state index in [1.807, 2.05) is 26.8 Å². The van der Waals surface area contributed by atoms with E-state index in [9.17, 15) is 28.0 Å². The summed E-state index contributed by atoms with van der Waals surface area (Å²) in [5.74, 6) is -1.38. The Kier molecular flexibility index (Phi) is 6.53. The average molecular weight is 501 g/mol. The maximum absolute atomic E-state index is 14.1. The number of carboxylic acid groups (broad SMARTS) is 1. The highest BCUT2D eigenvalue weighted by molar-refractivity contribution is 7.89. The van der Waals surface area contributed by atoms with Gasteiger partial charge in [0.05, 0.1) is 35.3 Å². The van der Waals surface area contributed by atoms with Gasteiger partial charge in [0.2, 0.25) is 10.0 Å². The Hall–Kier alpha value is -3.49. The molecule has 9 nitrogen and oxygen atoms in total. The Balaban J connectivity index is 1.70. The summed E-state index contributed by atoms with van der Waals surface area (Å²) in [6.07, 6.45) is -0.474. The lowest BCUT2D eigenvalue weighted by Crippen LogP contribution is -2.30. The van der Waals surface area contributed by atoms with Crippen LogP contribution in [0.1, 0.15) is 38.1 Å². The number of nitrogens with zero attached hydrogens (tertiary/aromatic N) is 4. The number of hydrogen-bond acceptors (Lipinski definition) is 6. The van der Waals surface area contributed by atoms with Crippen LogP contribution in [-0.4, -0.2) is 52.8 Å². The first-order chi connectivity index (χ1) is 16.5. The van der Waals surface area contributed by atoms with E-state index in [1.54, 1.807) is 0 Å². The second-order valence-corrected chi connectivity index (χ2v) is 10.8. The number of carbonyl (C=O) groups is 1. The van der Waals surface area contributed by atoms with E-state index in [-0.39, 0.29) is 47.7 Å². The predicted molar refractivity (Wildman–Crippen MR) is 125 cm³/mol. The molecule has 2 heterocycles. The minimum absolute atomic E-state index is 0.0189. The maximum Gasteiger partial charge on any atom is 0.309 e. The lowest BCUT2D eigenvalue weighted by molar-refractivity contribution is -0.136. The molecule has 4 rings (SSSR count). The summed E-state index contributed by atoms with van der Waals surface area (Å²) in [5, 5.41) is 23.8. The molecular formula is C24H25FN4O5S. The smallest absolute Gasteiger partial charge is 0.309 e. The van der Waals surface area contributed by atoms with Gasteiger partial charge in [-0.3, -0.25) is 9.48 Å². The third kappa shape index (κ3) is 4.72. The van der Waals surface area contributed by atoms with Crippen LogP contribution in [0.4, 0.5) is 4.39 Å². The van der Waals surface area contributed by atoms with Crippen LogP contribution in [0.3, 0.4) is 0 Å². The number of sulfonamides is 1. The average Bonchev–Trinajstić information content (AvgIpc) is 3.33. The lowest BCUT2D eigenvalue weighted by Gasteiger charge is -2.19. The van der Waals surface area contributed by atoms with E-state index < -0.39 is 27.9 Å². The lowest BCUT2D eigenvalue weighted by atomic mass is 10.1. The van der Waals surface area contributed by atoms with Crippen molar-refractivity contribution in [1.29, 1.82) is 5.26 Å². The van der Waals surface area contributed by atoms with Crippen LogP contribution in [-0.2, 0) is 21.2 Å². The van der Waals surface area contributed by atoms with Crippen LogP contribution in [0, 0.1) is 23.1 Å². The summed E-state index contributed by atoms with van der Waals surface area (Å²) in [5.41, 5.74) is 0.674. The van der Waals surface area contributed by atoms with Crippen molar-refractivity contribution in [3.8, 4) is 11.8 Å². The van der Waals surface area contributed by atoms with Crippen molar-refractivity contribution in [3.05, 3.63) is 53.5 Å². The summed E-state index contributed by atoms with van der Waals surface area (Å²) >= 11 is 0. The van der Waals surface area contributed by atoms with Crippen LogP contribution in [0.15, 0.2) is 41.3 Å². The normalized spacial score (nSPS) is 18.7. The molecular weight excluding hydrogens is 475 g/mol. The fraction of sp³-hybridized carbons (Fsp3) is 0.375. The summed E-state index contributed by atoms with van der Waals surface area (Å²) < 4.78 is 49.5. The zero-order chi connectivity index (χ0) is 25.5. The van der Waals surface area contributed by atoms with Gasteiger partial charge in [-0.2, -0.15) is 14.7 Å². The van der Waals surface area contributed by atoms with Gasteiger partial charge in [0, 0.05) is 18.5 Å². The topological polar surface area (TPSA) is 126 Å². The molecule has 0 aliphatic carbocycles. The van der Waals surface area contributed by atoms with Crippen LogP contribution in [0.5, 0.6) is 5.75 Å². The summed E-state index contributed by atoms with van der Waals surface area (Å²) in [4.78, 5) is 11.2. The van der Waals surface area contributed by atoms with E-state index in [1.165, 1.54) is 45.4 Å².